The van der Waals surface area contributed by atoms with Gasteiger partial charge in [0.2, 0.25) is 0 Å². The number of cyclic esters (lactones) is 2. The lowest BCUT2D eigenvalue weighted by molar-refractivity contribution is 0.0443. The van der Waals surface area contributed by atoms with Gasteiger partial charge in [-0.15, -0.1) is 0 Å². The third-order valence-corrected chi connectivity index (χ3v) is 4.06. The van der Waals surface area contributed by atoms with Crippen molar-refractivity contribution in [2.45, 2.75) is 13.3 Å². The number of carboxylic acid groups (broad SMARTS) is 1. The van der Waals surface area contributed by atoms with Gasteiger partial charge < -0.3 is 14.6 Å². The zero-order chi connectivity index (χ0) is 18.8. The molecule has 2 aromatic carbocycles. The van der Waals surface area contributed by atoms with Crippen molar-refractivity contribution in [1.82, 2.24) is 0 Å². The predicted molar refractivity (Wildman–Crippen MR) is 93.5 cm³/mol. The molecule has 2 aromatic rings. The van der Waals surface area contributed by atoms with Crippen molar-refractivity contribution in [3.63, 3.8) is 0 Å². The molecule has 0 radical (unpaired) electrons. The fourth-order valence-corrected chi connectivity index (χ4v) is 2.73. The summed E-state index contributed by atoms with van der Waals surface area (Å²) in [6.45, 7) is 5.99. The summed E-state index contributed by atoms with van der Waals surface area (Å²) in [5.74, 6) is -2.13. The minimum atomic E-state index is -1.18. The van der Waals surface area contributed by atoms with E-state index in [1.165, 1.54) is 6.07 Å². The second kappa shape index (κ2) is 6.84. The topological polar surface area (TPSA) is 89.9 Å². The highest BCUT2D eigenvalue weighted by atomic mass is 16.6. The van der Waals surface area contributed by atoms with Crippen molar-refractivity contribution in [1.29, 1.82) is 0 Å². The SMILES string of the molecule is C=C(C)c1ccc(OCCc2cc(C(=O)O)cc3c2C(=O)OC3=O)cc1. The normalized spacial score (nSPS) is 12.5. The van der Waals surface area contributed by atoms with Crippen LogP contribution in [0.4, 0.5) is 0 Å². The summed E-state index contributed by atoms with van der Waals surface area (Å²) in [6, 6.07) is 9.91. The van der Waals surface area contributed by atoms with Crippen molar-refractivity contribution in [3.05, 3.63) is 70.8 Å². The largest absolute Gasteiger partial charge is 0.493 e. The fraction of sp³-hybridized carbons (Fsp3) is 0.150. The Kier molecular flexibility index (Phi) is 4.58. The van der Waals surface area contributed by atoms with Gasteiger partial charge in [0.15, 0.2) is 0 Å². The number of hydrogen-bond acceptors (Lipinski definition) is 5. The maximum absolute atomic E-state index is 11.9. The molecule has 6 nitrogen and oxygen atoms in total. The van der Waals surface area contributed by atoms with Crippen LogP contribution in [0.2, 0.25) is 0 Å². The molecule has 0 spiro atoms. The first-order valence-electron chi connectivity index (χ1n) is 7.92. The van der Waals surface area contributed by atoms with Gasteiger partial charge in [0.1, 0.15) is 5.75 Å². The highest BCUT2D eigenvalue weighted by molar-refractivity contribution is 6.16. The molecule has 26 heavy (non-hydrogen) atoms. The minimum absolute atomic E-state index is 0.0179. The van der Waals surface area contributed by atoms with Crippen molar-refractivity contribution >= 4 is 23.5 Å². The first-order valence-corrected chi connectivity index (χ1v) is 7.92. The Morgan fingerprint density at radius 3 is 2.42 bits per heavy atom. The summed E-state index contributed by atoms with van der Waals surface area (Å²) in [5, 5.41) is 9.19. The van der Waals surface area contributed by atoms with Crippen LogP contribution in [0.5, 0.6) is 5.75 Å². The Morgan fingerprint density at radius 1 is 1.12 bits per heavy atom. The van der Waals surface area contributed by atoms with Crippen LogP contribution >= 0.6 is 0 Å². The van der Waals surface area contributed by atoms with E-state index in [0.717, 1.165) is 17.2 Å². The van der Waals surface area contributed by atoms with Crippen LogP contribution in [0.1, 0.15) is 49.1 Å². The third kappa shape index (κ3) is 3.35. The van der Waals surface area contributed by atoms with E-state index < -0.39 is 17.9 Å². The van der Waals surface area contributed by atoms with Gasteiger partial charge in [0.25, 0.3) is 0 Å². The molecule has 6 heteroatoms. The van der Waals surface area contributed by atoms with E-state index in [1.54, 1.807) is 12.1 Å². The highest BCUT2D eigenvalue weighted by Crippen LogP contribution is 2.26. The number of carboxylic acids is 1. The Balaban J connectivity index is 1.78. The molecule has 0 bridgehead atoms. The van der Waals surface area contributed by atoms with E-state index in [2.05, 4.69) is 11.3 Å². The lowest BCUT2D eigenvalue weighted by Gasteiger charge is -2.10. The van der Waals surface area contributed by atoms with Crippen LogP contribution in [-0.4, -0.2) is 29.6 Å². The summed E-state index contributed by atoms with van der Waals surface area (Å²) in [4.78, 5) is 34.8. The van der Waals surface area contributed by atoms with Crippen molar-refractivity contribution in [3.8, 4) is 5.75 Å². The van der Waals surface area contributed by atoms with Gasteiger partial charge in [-0.05, 0) is 42.3 Å². The lowest BCUT2D eigenvalue weighted by atomic mass is 9.97. The standard InChI is InChI=1S/C20H16O6/c1-11(2)12-3-5-15(6-4-12)25-8-7-13-9-14(18(21)22)10-16-17(13)20(24)26-19(16)23/h3-6,9-10H,1,7-8H2,2H3,(H,21,22). The molecule has 0 aromatic heterocycles. The molecule has 0 amide bonds. The number of allylic oxidation sites excluding steroid dienone is 1. The molecule has 0 aliphatic carbocycles. The van der Waals surface area contributed by atoms with Gasteiger partial charge in [0.05, 0.1) is 23.3 Å². The summed E-state index contributed by atoms with van der Waals surface area (Å²) in [5.41, 5.74) is 2.38. The first-order chi connectivity index (χ1) is 12.4. The first kappa shape index (κ1) is 17.4. The molecule has 1 heterocycles. The predicted octanol–water partition coefficient (Wildman–Crippen LogP) is 3.35. The maximum Gasteiger partial charge on any atom is 0.347 e. The molecule has 1 aliphatic rings. The quantitative estimate of drug-likeness (QED) is 0.633. The molecule has 132 valence electrons. The van der Waals surface area contributed by atoms with Crippen molar-refractivity contribution in [2.75, 3.05) is 6.61 Å². The van der Waals surface area contributed by atoms with E-state index >= 15 is 0 Å². The number of fused-ring (bicyclic) bond motifs is 1. The van der Waals surface area contributed by atoms with E-state index in [0.29, 0.717) is 11.3 Å². The molecular weight excluding hydrogens is 336 g/mol. The number of esters is 2. The van der Waals surface area contributed by atoms with Gasteiger partial charge >= 0.3 is 17.9 Å². The molecule has 1 N–H and O–H groups in total. The monoisotopic (exact) mass is 352 g/mol. The fourth-order valence-electron chi connectivity index (χ4n) is 2.73. The smallest absolute Gasteiger partial charge is 0.347 e. The number of carbonyl (C=O) groups excluding carboxylic acids is 2. The molecule has 0 fully saturated rings. The Bertz CT molecular complexity index is 924. The molecule has 1 aliphatic heterocycles. The van der Waals surface area contributed by atoms with Gasteiger partial charge in [-0.25, -0.2) is 14.4 Å². The van der Waals surface area contributed by atoms with E-state index in [9.17, 15) is 19.5 Å². The third-order valence-electron chi connectivity index (χ3n) is 4.06. The summed E-state index contributed by atoms with van der Waals surface area (Å²) < 4.78 is 10.2. The zero-order valence-electron chi connectivity index (χ0n) is 14.1. The number of aromatic carboxylic acids is 1. The zero-order valence-corrected chi connectivity index (χ0v) is 14.1. The van der Waals surface area contributed by atoms with E-state index in [-0.39, 0.29) is 29.7 Å². The van der Waals surface area contributed by atoms with Crippen LogP contribution in [-0.2, 0) is 11.2 Å². The number of rotatable bonds is 6. The summed E-state index contributed by atoms with van der Waals surface area (Å²) in [7, 11) is 0. The molecule has 3 rings (SSSR count). The van der Waals surface area contributed by atoms with Crippen LogP contribution in [0, 0.1) is 0 Å². The average molecular weight is 352 g/mol. The second-order valence-electron chi connectivity index (χ2n) is 5.94. The van der Waals surface area contributed by atoms with E-state index in [1.807, 2.05) is 19.1 Å². The molecule has 0 saturated heterocycles. The number of ether oxygens (including phenoxy) is 2. The summed E-state index contributed by atoms with van der Waals surface area (Å²) in [6.07, 6.45) is 0.258. The van der Waals surface area contributed by atoms with Crippen LogP contribution < -0.4 is 4.74 Å². The average Bonchev–Trinajstić information content (AvgIpc) is 2.89. The lowest BCUT2D eigenvalue weighted by Crippen LogP contribution is -2.09. The van der Waals surface area contributed by atoms with Crippen LogP contribution in [0.3, 0.4) is 0 Å². The minimum Gasteiger partial charge on any atom is -0.493 e. The number of carbonyl (C=O) groups is 3. The highest BCUT2D eigenvalue weighted by Gasteiger charge is 2.33. The number of benzene rings is 2. The maximum atomic E-state index is 11.9. The van der Waals surface area contributed by atoms with Gasteiger partial charge in [-0.3, -0.25) is 0 Å². The molecule has 0 saturated carbocycles. The molecule has 0 atom stereocenters. The Hall–Kier alpha value is -3.41. The van der Waals surface area contributed by atoms with Crippen molar-refractivity contribution < 1.29 is 29.0 Å². The summed E-state index contributed by atoms with van der Waals surface area (Å²) >= 11 is 0. The van der Waals surface area contributed by atoms with Gasteiger partial charge in [0, 0.05) is 6.42 Å². The Morgan fingerprint density at radius 2 is 1.81 bits per heavy atom. The van der Waals surface area contributed by atoms with Gasteiger partial charge in [-0.2, -0.15) is 0 Å². The van der Waals surface area contributed by atoms with Gasteiger partial charge in [-0.1, -0.05) is 24.3 Å². The Labute approximate surface area is 149 Å². The van der Waals surface area contributed by atoms with Crippen molar-refractivity contribution in [2.24, 2.45) is 0 Å². The number of hydrogen-bond donors (Lipinski definition) is 1. The molecule has 0 unspecified atom stereocenters. The molecular formula is C20H16O6. The van der Waals surface area contributed by atoms with E-state index in [4.69, 9.17) is 4.74 Å². The van der Waals surface area contributed by atoms with Crippen LogP contribution in [0.15, 0.2) is 43.0 Å². The van der Waals surface area contributed by atoms with Crippen LogP contribution in [0.25, 0.3) is 5.57 Å². The second-order valence-corrected chi connectivity index (χ2v) is 5.94.